The third-order valence-electron chi connectivity index (χ3n) is 3.85. The Morgan fingerprint density at radius 2 is 1.57 bits per heavy atom. The molecule has 2 aromatic carbocycles. The molecule has 0 bridgehead atoms. The van der Waals surface area contributed by atoms with Crippen LogP contribution in [0.1, 0.15) is 24.0 Å². The highest BCUT2D eigenvalue weighted by Crippen LogP contribution is 2.30. The number of benzene rings is 2. The summed E-state index contributed by atoms with van der Waals surface area (Å²) in [4.78, 5) is 2.13. The monoisotopic (exact) mass is 288 g/mol. The summed E-state index contributed by atoms with van der Waals surface area (Å²) < 4.78 is 27.6. The number of rotatable bonds is 5. The van der Waals surface area contributed by atoms with Crippen LogP contribution in [0, 0.1) is 11.6 Å². The Balaban J connectivity index is 1.77. The molecule has 4 heteroatoms. The van der Waals surface area contributed by atoms with E-state index in [4.69, 9.17) is 5.73 Å². The molecule has 0 amide bonds. The van der Waals surface area contributed by atoms with Crippen LogP contribution in [0.5, 0.6) is 0 Å². The van der Waals surface area contributed by atoms with Crippen LogP contribution in [-0.2, 0) is 13.1 Å². The molecule has 2 N–H and O–H groups in total. The Morgan fingerprint density at radius 1 is 0.952 bits per heavy atom. The molecule has 0 aromatic heterocycles. The molecular formula is C17H18F2N2. The fraction of sp³-hybridized carbons (Fsp3) is 0.294. The summed E-state index contributed by atoms with van der Waals surface area (Å²) >= 11 is 0. The largest absolute Gasteiger partial charge is 0.399 e. The van der Waals surface area contributed by atoms with Crippen molar-refractivity contribution in [2.45, 2.75) is 32.0 Å². The summed E-state index contributed by atoms with van der Waals surface area (Å²) in [5, 5.41) is 0. The average Bonchev–Trinajstić information content (AvgIpc) is 3.28. The Morgan fingerprint density at radius 3 is 2.14 bits per heavy atom. The van der Waals surface area contributed by atoms with Gasteiger partial charge >= 0.3 is 0 Å². The Hall–Kier alpha value is -1.94. The number of halogens is 2. The summed E-state index contributed by atoms with van der Waals surface area (Å²) in [5.41, 5.74) is 7.66. The van der Waals surface area contributed by atoms with Crippen LogP contribution in [0.25, 0.3) is 0 Å². The second-order valence-electron chi connectivity index (χ2n) is 5.58. The fourth-order valence-electron chi connectivity index (χ4n) is 2.50. The zero-order chi connectivity index (χ0) is 14.8. The summed E-state index contributed by atoms with van der Waals surface area (Å²) in [5.74, 6) is -0.948. The molecule has 1 fully saturated rings. The van der Waals surface area contributed by atoms with Crippen molar-refractivity contribution in [3.8, 4) is 0 Å². The van der Waals surface area contributed by atoms with Crippen molar-refractivity contribution in [2.75, 3.05) is 5.73 Å². The highest BCUT2D eigenvalue weighted by Gasteiger charge is 2.30. The smallest absolute Gasteiger partial charge is 0.130 e. The normalized spacial score (nSPS) is 14.6. The predicted molar refractivity (Wildman–Crippen MR) is 79.5 cm³/mol. The fourth-order valence-corrected chi connectivity index (χ4v) is 2.50. The van der Waals surface area contributed by atoms with Gasteiger partial charge in [-0.3, -0.25) is 4.90 Å². The highest BCUT2D eigenvalue weighted by molar-refractivity contribution is 5.39. The second kappa shape index (κ2) is 5.82. The van der Waals surface area contributed by atoms with Crippen molar-refractivity contribution in [2.24, 2.45) is 0 Å². The van der Waals surface area contributed by atoms with Gasteiger partial charge in [-0.05, 0) is 42.7 Å². The molecule has 0 radical (unpaired) electrons. The molecule has 0 atom stereocenters. The van der Waals surface area contributed by atoms with E-state index in [1.165, 1.54) is 18.2 Å². The number of anilines is 1. The van der Waals surface area contributed by atoms with Gasteiger partial charge < -0.3 is 5.73 Å². The minimum Gasteiger partial charge on any atom is -0.399 e. The van der Waals surface area contributed by atoms with E-state index in [2.05, 4.69) is 4.90 Å². The van der Waals surface area contributed by atoms with E-state index >= 15 is 0 Å². The maximum Gasteiger partial charge on any atom is 0.130 e. The van der Waals surface area contributed by atoms with E-state index in [0.29, 0.717) is 19.1 Å². The van der Waals surface area contributed by atoms with Crippen LogP contribution in [0.3, 0.4) is 0 Å². The van der Waals surface area contributed by atoms with Crippen molar-refractivity contribution in [1.82, 2.24) is 4.90 Å². The minimum atomic E-state index is -0.474. The standard InChI is InChI=1S/C17H18F2N2/c18-16-2-1-3-17(19)15(16)11-21(14-8-9-14)10-12-4-6-13(20)7-5-12/h1-7,14H,8-11,20H2. The summed E-state index contributed by atoms with van der Waals surface area (Å²) in [6, 6.07) is 12.1. The Kier molecular flexibility index (Phi) is 3.88. The topological polar surface area (TPSA) is 29.3 Å². The molecule has 1 aliphatic rings. The van der Waals surface area contributed by atoms with E-state index in [-0.39, 0.29) is 5.56 Å². The van der Waals surface area contributed by atoms with Crippen molar-refractivity contribution in [1.29, 1.82) is 0 Å². The first-order valence-corrected chi connectivity index (χ1v) is 7.15. The first-order valence-electron chi connectivity index (χ1n) is 7.15. The molecule has 1 saturated carbocycles. The van der Waals surface area contributed by atoms with Crippen LogP contribution >= 0.6 is 0 Å². The maximum absolute atomic E-state index is 13.8. The lowest BCUT2D eigenvalue weighted by Crippen LogP contribution is -2.26. The van der Waals surface area contributed by atoms with Gasteiger partial charge in [0, 0.05) is 30.4 Å². The molecule has 110 valence electrons. The van der Waals surface area contributed by atoms with Crippen molar-refractivity contribution >= 4 is 5.69 Å². The molecular weight excluding hydrogens is 270 g/mol. The summed E-state index contributed by atoms with van der Waals surface area (Å²) in [7, 11) is 0. The van der Waals surface area contributed by atoms with Crippen molar-refractivity contribution in [3.05, 3.63) is 65.2 Å². The zero-order valence-corrected chi connectivity index (χ0v) is 11.7. The lowest BCUT2D eigenvalue weighted by molar-refractivity contribution is 0.238. The molecule has 0 heterocycles. The molecule has 3 rings (SSSR count). The van der Waals surface area contributed by atoms with E-state index in [0.717, 1.165) is 24.1 Å². The zero-order valence-electron chi connectivity index (χ0n) is 11.7. The molecule has 0 saturated heterocycles. The Labute approximate surface area is 123 Å². The molecule has 21 heavy (non-hydrogen) atoms. The van der Waals surface area contributed by atoms with E-state index in [9.17, 15) is 8.78 Å². The van der Waals surface area contributed by atoms with Gasteiger partial charge in [0.25, 0.3) is 0 Å². The second-order valence-corrected chi connectivity index (χ2v) is 5.58. The molecule has 1 aliphatic carbocycles. The summed E-state index contributed by atoms with van der Waals surface area (Å²) in [6.45, 7) is 0.978. The number of nitrogen functional groups attached to an aromatic ring is 1. The van der Waals surface area contributed by atoms with Gasteiger partial charge in [0.15, 0.2) is 0 Å². The SMILES string of the molecule is Nc1ccc(CN(Cc2c(F)cccc2F)C2CC2)cc1. The third kappa shape index (κ3) is 3.39. The first kappa shape index (κ1) is 14.0. The first-order chi connectivity index (χ1) is 10.1. The van der Waals surface area contributed by atoms with Gasteiger partial charge in [-0.1, -0.05) is 18.2 Å². The van der Waals surface area contributed by atoms with Gasteiger partial charge in [0.05, 0.1) is 0 Å². The molecule has 2 nitrogen and oxygen atoms in total. The van der Waals surface area contributed by atoms with Crippen molar-refractivity contribution < 1.29 is 8.78 Å². The summed E-state index contributed by atoms with van der Waals surface area (Å²) in [6.07, 6.45) is 2.18. The Bertz CT molecular complexity index is 601. The lowest BCUT2D eigenvalue weighted by Gasteiger charge is -2.22. The van der Waals surface area contributed by atoms with Gasteiger partial charge in [-0.15, -0.1) is 0 Å². The van der Waals surface area contributed by atoms with E-state index in [1.54, 1.807) is 0 Å². The quantitative estimate of drug-likeness (QED) is 0.850. The van der Waals surface area contributed by atoms with Gasteiger partial charge in [-0.25, -0.2) is 8.78 Å². The maximum atomic E-state index is 13.8. The lowest BCUT2D eigenvalue weighted by atomic mass is 10.1. The van der Waals surface area contributed by atoms with E-state index < -0.39 is 11.6 Å². The van der Waals surface area contributed by atoms with Crippen molar-refractivity contribution in [3.63, 3.8) is 0 Å². The number of nitrogens with two attached hydrogens (primary N) is 1. The number of nitrogens with zero attached hydrogens (tertiary/aromatic N) is 1. The number of hydrogen-bond donors (Lipinski definition) is 1. The van der Waals surface area contributed by atoms with Gasteiger partial charge in [0.2, 0.25) is 0 Å². The molecule has 0 spiro atoms. The van der Waals surface area contributed by atoms with Crippen LogP contribution in [-0.4, -0.2) is 10.9 Å². The highest BCUT2D eigenvalue weighted by atomic mass is 19.1. The van der Waals surface area contributed by atoms with Crippen LogP contribution in [0.15, 0.2) is 42.5 Å². The number of hydrogen-bond acceptors (Lipinski definition) is 2. The molecule has 2 aromatic rings. The van der Waals surface area contributed by atoms with Gasteiger partial charge in [0.1, 0.15) is 11.6 Å². The average molecular weight is 288 g/mol. The minimum absolute atomic E-state index is 0.153. The molecule has 0 unspecified atom stereocenters. The van der Waals surface area contributed by atoms with Crippen LogP contribution < -0.4 is 5.73 Å². The van der Waals surface area contributed by atoms with E-state index in [1.807, 2.05) is 24.3 Å². The molecule has 0 aliphatic heterocycles. The van der Waals surface area contributed by atoms with Crippen LogP contribution in [0.2, 0.25) is 0 Å². The van der Waals surface area contributed by atoms with Crippen LogP contribution in [0.4, 0.5) is 14.5 Å². The predicted octanol–water partition coefficient (Wildman–Crippen LogP) is 3.71. The third-order valence-corrected chi connectivity index (χ3v) is 3.85. The van der Waals surface area contributed by atoms with Gasteiger partial charge in [-0.2, -0.15) is 0 Å².